The number of β-amino-alcohol motifs (C(OH)–C–C–N with tert-alkyl or cyclic N) is 1. The van der Waals surface area contributed by atoms with Crippen LogP contribution in [0.2, 0.25) is 5.02 Å². The van der Waals surface area contributed by atoms with Crippen molar-refractivity contribution in [1.29, 1.82) is 0 Å². The zero-order valence-corrected chi connectivity index (χ0v) is 12.9. The predicted octanol–water partition coefficient (Wildman–Crippen LogP) is 2.04. The smallest absolute Gasteiger partial charge is 0.0810 e. The number of hydrogen-bond donors (Lipinski definition) is 2. The van der Waals surface area contributed by atoms with Crippen LogP contribution in [0.25, 0.3) is 0 Å². The highest BCUT2D eigenvalue weighted by molar-refractivity contribution is 6.30. The van der Waals surface area contributed by atoms with Gasteiger partial charge in [-0.05, 0) is 31.0 Å². The third-order valence-corrected chi connectivity index (χ3v) is 3.87. The SMILES string of the molecule is COCCNCc1ccc(Cl)cc1N1CCC(C)(O)C1. The first kappa shape index (κ1) is 15.6. The summed E-state index contributed by atoms with van der Waals surface area (Å²) in [5.74, 6) is 0. The summed E-state index contributed by atoms with van der Waals surface area (Å²) >= 11 is 6.12. The first-order valence-electron chi connectivity index (χ1n) is 6.97. The molecule has 0 aliphatic carbocycles. The summed E-state index contributed by atoms with van der Waals surface area (Å²) in [5, 5.41) is 14.2. The molecule has 1 aliphatic rings. The zero-order chi connectivity index (χ0) is 14.6. The Morgan fingerprint density at radius 1 is 1.50 bits per heavy atom. The fraction of sp³-hybridized carbons (Fsp3) is 0.600. The molecule has 0 spiro atoms. The van der Waals surface area contributed by atoms with Crippen molar-refractivity contribution in [2.75, 3.05) is 38.3 Å². The molecular formula is C15H23ClN2O2. The summed E-state index contributed by atoms with van der Waals surface area (Å²) in [6.07, 6.45) is 0.788. The fourth-order valence-electron chi connectivity index (χ4n) is 2.53. The number of nitrogens with zero attached hydrogens (tertiary/aromatic N) is 1. The minimum Gasteiger partial charge on any atom is -0.388 e. The van der Waals surface area contributed by atoms with Crippen LogP contribution >= 0.6 is 11.6 Å². The van der Waals surface area contributed by atoms with Crippen molar-refractivity contribution in [1.82, 2.24) is 5.32 Å². The number of rotatable bonds is 6. The summed E-state index contributed by atoms with van der Waals surface area (Å²) in [7, 11) is 1.70. The molecule has 1 aromatic carbocycles. The van der Waals surface area contributed by atoms with Crippen LogP contribution in [0, 0.1) is 0 Å². The molecule has 2 rings (SSSR count). The van der Waals surface area contributed by atoms with Gasteiger partial charge in [-0.3, -0.25) is 0 Å². The van der Waals surface area contributed by atoms with Crippen LogP contribution in [0.4, 0.5) is 5.69 Å². The Kier molecular flexibility index (Phi) is 5.27. The van der Waals surface area contributed by atoms with E-state index in [1.807, 2.05) is 25.1 Å². The molecule has 1 saturated heterocycles. The third kappa shape index (κ3) is 4.09. The highest BCUT2D eigenvalue weighted by Gasteiger charge is 2.32. The topological polar surface area (TPSA) is 44.7 Å². The van der Waals surface area contributed by atoms with E-state index in [4.69, 9.17) is 16.3 Å². The molecule has 0 bridgehead atoms. The quantitative estimate of drug-likeness (QED) is 0.789. The minimum atomic E-state index is -0.608. The molecule has 0 aromatic heterocycles. The maximum absolute atomic E-state index is 10.1. The summed E-state index contributed by atoms with van der Waals surface area (Å²) in [4.78, 5) is 2.21. The summed E-state index contributed by atoms with van der Waals surface area (Å²) in [6.45, 7) is 5.68. The molecule has 0 radical (unpaired) electrons. The second-order valence-electron chi connectivity index (χ2n) is 5.61. The lowest BCUT2D eigenvalue weighted by Crippen LogP contribution is -2.30. The number of benzene rings is 1. The van der Waals surface area contributed by atoms with E-state index in [0.717, 1.165) is 36.8 Å². The first-order valence-corrected chi connectivity index (χ1v) is 7.35. The summed E-state index contributed by atoms with van der Waals surface area (Å²) < 4.78 is 5.03. The second-order valence-corrected chi connectivity index (χ2v) is 6.05. The van der Waals surface area contributed by atoms with E-state index in [0.29, 0.717) is 13.2 Å². The van der Waals surface area contributed by atoms with Gasteiger partial charge in [0.2, 0.25) is 0 Å². The fourth-order valence-corrected chi connectivity index (χ4v) is 2.70. The molecule has 112 valence electrons. The van der Waals surface area contributed by atoms with Gasteiger partial charge < -0.3 is 20.1 Å². The van der Waals surface area contributed by atoms with Gasteiger partial charge in [0.05, 0.1) is 12.2 Å². The highest BCUT2D eigenvalue weighted by Crippen LogP contribution is 2.31. The van der Waals surface area contributed by atoms with Gasteiger partial charge in [0.25, 0.3) is 0 Å². The lowest BCUT2D eigenvalue weighted by Gasteiger charge is -2.24. The van der Waals surface area contributed by atoms with E-state index in [9.17, 15) is 5.11 Å². The van der Waals surface area contributed by atoms with Gasteiger partial charge in [0, 0.05) is 44.0 Å². The Hall–Kier alpha value is -0.810. The standard InChI is InChI=1S/C15H23ClN2O2/c1-15(19)5-7-18(11-15)14-9-13(16)4-3-12(14)10-17-6-8-20-2/h3-4,9,17,19H,5-8,10-11H2,1-2H3. The molecule has 1 unspecified atom stereocenters. The van der Waals surface area contributed by atoms with Crippen LogP contribution in [0.3, 0.4) is 0 Å². The van der Waals surface area contributed by atoms with Crippen molar-refractivity contribution < 1.29 is 9.84 Å². The van der Waals surface area contributed by atoms with E-state index in [1.165, 1.54) is 5.56 Å². The maximum atomic E-state index is 10.1. The average Bonchev–Trinajstić information content (AvgIpc) is 2.76. The Morgan fingerprint density at radius 3 is 2.95 bits per heavy atom. The van der Waals surface area contributed by atoms with Gasteiger partial charge in [-0.1, -0.05) is 17.7 Å². The van der Waals surface area contributed by atoms with Crippen molar-refractivity contribution in [3.63, 3.8) is 0 Å². The number of aliphatic hydroxyl groups is 1. The molecule has 1 aliphatic heterocycles. The molecule has 20 heavy (non-hydrogen) atoms. The Labute approximate surface area is 125 Å². The van der Waals surface area contributed by atoms with E-state index in [-0.39, 0.29) is 0 Å². The molecule has 4 nitrogen and oxygen atoms in total. The van der Waals surface area contributed by atoms with Crippen LogP contribution in [-0.2, 0) is 11.3 Å². The van der Waals surface area contributed by atoms with Crippen LogP contribution in [-0.4, -0.2) is 44.1 Å². The van der Waals surface area contributed by atoms with Gasteiger partial charge in [-0.15, -0.1) is 0 Å². The van der Waals surface area contributed by atoms with Crippen molar-refractivity contribution in [2.45, 2.75) is 25.5 Å². The Balaban J connectivity index is 2.08. The maximum Gasteiger partial charge on any atom is 0.0810 e. The van der Waals surface area contributed by atoms with E-state index < -0.39 is 5.60 Å². The number of nitrogens with one attached hydrogen (secondary N) is 1. The summed E-state index contributed by atoms with van der Waals surface area (Å²) in [5.41, 5.74) is 1.70. The van der Waals surface area contributed by atoms with Gasteiger partial charge in [0.1, 0.15) is 0 Å². The number of hydrogen-bond acceptors (Lipinski definition) is 4. The van der Waals surface area contributed by atoms with Crippen LogP contribution in [0.5, 0.6) is 0 Å². The van der Waals surface area contributed by atoms with E-state index in [2.05, 4.69) is 10.2 Å². The third-order valence-electron chi connectivity index (χ3n) is 3.64. The summed E-state index contributed by atoms with van der Waals surface area (Å²) in [6, 6.07) is 5.94. The highest BCUT2D eigenvalue weighted by atomic mass is 35.5. The second kappa shape index (κ2) is 6.76. The van der Waals surface area contributed by atoms with Gasteiger partial charge in [0.15, 0.2) is 0 Å². The van der Waals surface area contributed by atoms with Crippen molar-refractivity contribution in [2.24, 2.45) is 0 Å². The van der Waals surface area contributed by atoms with Crippen LogP contribution in [0.15, 0.2) is 18.2 Å². The van der Waals surface area contributed by atoms with Crippen molar-refractivity contribution in [3.8, 4) is 0 Å². The van der Waals surface area contributed by atoms with Crippen LogP contribution < -0.4 is 10.2 Å². The van der Waals surface area contributed by atoms with Crippen molar-refractivity contribution in [3.05, 3.63) is 28.8 Å². The predicted molar refractivity (Wildman–Crippen MR) is 82.5 cm³/mol. The molecule has 5 heteroatoms. The molecule has 1 heterocycles. The Morgan fingerprint density at radius 2 is 2.30 bits per heavy atom. The molecule has 1 atom stereocenters. The Bertz CT molecular complexity index is 451. The minimum absolute atomic E-state index is 0.608. The normalized spacial score (nSPS) is 22.5. The van der Waals surface area contributed by atoms with Crippen molar-refractivity contribution >= 4 is 17.3 Å². The molecule has 1 fully saturated rings. The van der Waals surface area contributed by atoms with Gasteiger partial charge in [-0.25, -0.2) is 0 Å². The first-order chi connectivity index (χ1) is 9.52. The van der Waals surface area contributed by atoms with Gasteiger partial charge in [-0.2, -0.15) is 0 Å². The number of ether oxygens (including phenoxy) is 1. The molecule has 0 saturated carbocycles. The largest absolute Gasteiger partial charge is 0.388 e. The monoisotopic (exact) mass is 298 g/mol. The lowest BCUT2D eigenvalue weighted by molar-refractivity contribution is 0.0839. The zero-order valence-electron chi connectivity index (χ0n) is 12.2. The molecule has 1 aromatic rings. The molecule has 0 amide bonds. The van der Waals surface area contributed by atoms with Crippen LogP contribution in [0.1, 0.15) is 18.9 Å². The van der Waals surface area contributed by atoms with E-state index in [1.54, 1.807) is 7.11 Å². The molecular weight excluding hydrogens is 276 g/mol. The average molecular weight is 299 g/mol. The number of methoxy groups -OCH3 is 1. The van der Waals surface area contributed by atoms with Gasteiger partial charge >= 0.3 is 0 Å². The number of halogens is 1. The lowest BCUT2D eigenvalue weighted by atomic mass is 10.1. The van der Waals surface area contributed by atoms with E-state index >= 15 is 0 Å². The molecule has 2 N–H and O–H groups in total. The number of anilines is 1.